The van der Waals surface area contributed by atoms with Crippen LogP contribution in [0.3, 0.4) is 0 Å². The van der Waals surface area contributed by atoms with Crippen molar-refractivity contribution in [2.45, 2.75) is 26.3 Å². The topological polar surface area (TPSA) is 84.7 Å². The number of carbonyl (C=O) groups excluding carboxylic acids is 2. The van der Waals surface area contributed by atoms with Crippen molar-refractivity contribution in [2.75, 3.05) is 26.7 Å². The molecule has 0 radical (unpaired) electrons. The number of hydrogen-bond acceptors (Lipinski definition) is 4. The minimum atomic E-state index is -0.542. The molecule has 1 heterocycles. The molecule has 1 rings (SSSR count). The van der Waals surface area contributed by atoms with E-state index < -0.39 is 11.5 Å². The van der Waals surface area contributed by atoms with Gasteiger partial charge in [0, 0.05) is 19.6 Å². The first kappa shape index (κ1) is 13.8. The van der Waals surface area contributed by atoms with Gasteiger partial charge in [0.15, 0.2) is 0 Å². The first-order chi connectivity index (χ1) is 7.90. The molecule has 1 aliphatic heterocycles. The molecular formula is C11H21N3O3. The molecule has 98 valence electrons. The highest BCUT2D eigenvalue weighted by Gasteiger charge is 2.35. The summed E-state index contributed by atoms with van der Waals surface area (Å²) in [5.41, 5.74) is 5.03. The van der Waals surface area contributed by atoms with E-state index in [1.807, 2.05) is 13.8 Å². The zero-order valence-electron chi connectivity index (χ0n) is 10.7. The summed E-state index contributed by atoms with van der Waals surface area (Å²) < 4.78 is 4.52. The van der Waals surface area contributed by atoms with Crippen LogP contribution in [0.4, 0.5) is 4.79 Å². The fourth-order valence-corrected chi connectivity index (χ4v) is 1.80. The maximum Gasteiger partial charge on any atom is 0.407 e. The Balaban J connectivity index is 2.50. The van der Waals surface area contributed by atoms with Crippen molar-refractivity contribution in [2.24, 2.45) is 11.1 Å². The van der Waals surface area contributed by atoms with Crippen LogP contribution in [0.1, 0.15) is 20.3 Å². The number of alkyl carbamates (subject to hydrolysis) is 1. The van der Waals surface area contributed by atoms with E-state index in [-0.39, 0.29) is 11.9 Å². The molecule has 1 unspecified atom stereocenters. The Labute approximate surface area is 101 Å². The number of hydrogen-bond donors (Lipinski definition) is 2. The quantitative estimate of drug-likeness (QED) is 0.726. The smallest absolute Gasteiger partial charge is 0.407 e. The lowest BCUT2D eigenvalue weighted by atomic mass is 9.92. The number of amides is 2. The molecule has 0 aromatic carbocycles. The van der Waals surface area contributed by atoms with Crippen molar-refractivity contribution in [3.63, 3.8) is 0 Å². The van der Waals surface area contributed by atoms with E-state index in [0.717, 1.165) is 6.42 Å². The van der Waals surface area contributed by atoms with Crippen LogP contribution in [0.2, 0.25) is 0 Å². The van der Waals surface area contributed by atoms with Crippen molar-refractivity contribution < 1.29 is 14.3 Å². The van der Waals surface area contributed by atoms with Gasteiger partial charge in [0.25, 0.3) is 0 Å². The average Bonchev–Trinajstić information content (AvgIpc) is 2.76. The van der Waals surface area contributed by atoms with Crippen LogP contribution in [-0.2, 0) is 9.53 Å². The highest BCUT2D eigenvalue weighted by Crippen LogP contribution is 2.20. The molecule has 0 spiro atoms. The van der Waals surface area contributed by atoms with Crippen molar-refractivity contribution >= 4 is 12.0 Å². The monoisotopic (exact) mass is 243 g/mol. The number of likely N-dealkylation sites (tertiary alicyclic amines) is 1. The van der Waals surface area contributed by atoms with Crippen LogP contribution in [0.5, 0.6) is 0 Å². The fourth-order valence-electron chi connectivity index (χ4n) is 1.80. The molecule has 1 saturated heterocycles. The van der Waals surface area contributed by atoms with Gasteiger partial charge in [0.05, 0.1) is 18.6 Å². The molecule has 0 bridgehead atoms. The van der Waals surface area contributed by atoms with Gasteiger partial charge >= 0.3 is 6.09 Å². The fraction of sp³-hybridized carbons (Fsp3) is 0.818. The number of carbonyl (C=O) groups is 2. The molecule has 2 amide bonds. The second kappa shape index (κ2) is 5.35. The van der Waals surface area contributed by atoms with Crippen molar-refractivity contribution in [1.82, 2.24) is 10.2 Å². The third-order valence-corrected chi connectivity index (χ3v) is 3.07. The highest BCUT2D eigenvalue weighted by molar-refractivity contribution is 5.82. The normalized spacial score (nSPS) is 20.2. The molecule has 0 aliphatic carbocycles. The van der Waals surface area contributed by atoms with Gasteiger partial charge in [-0.25, -0.2) is 4.79 Å². The standard InChI is InChI=1S/C11H21N3O3/c1-11(2,7-12)9(15)14-5-4-8(6-14)13-10(16)17-3/h8H,4-7,12H2,1-3H3,(H,13,16). The molecule has 0 aromatic rings. The summed E-state index contributed by atoms with van der Waals surface area (Å²) in [6.45, 7) is 5.15. The summed E-state index contributed by atoms with van der Waals surface area (Å²) in [7, 11) is 1.32. The molecular weight excluding hydrogens is 222 g/mol. The van der Waals surface area contributed by atoms with E-state index in [0.29, 0.717) is 19.6 Å². The van der Waals surface area contributed by atoms with Crippen LogP contribution in [0.15, 0.2) is 0 Å². The number of nitrogens with one attached hydrogen (secondary N) is 1. The summed E-state index contributed by atoms with van der Waals surface area (Å²) in [6, 6.07) is -0.0278. The summed E-state index contributed by atoms with van der Waals surface area (Å²) in [5, 5.41) is 2.70. The molecule has 1 aliphatic rings. The van der Waals surface area contributed by atoms with E-state index >= 15 is 0 Å². The molecule has 1 fully saturated rings. The second-order valence-corrected chi connectivity index (χ2v) is 4.96. The SMILES string of the molecule is COC(=O)NC1CCN(C(=O)C(C)(C)CN)C1. The van der Waals surface area contributed by atoms with E-state index in [1.54, 1.807) is 4.90 Å². The van der Waals surface area contributed by atoms with Gasteiger partial charge in [0.1, 0.15) is 0 Å². The third kappa shape index (κ3) is 3.33. The lowest BCUT2D eigenvalue weighted by Crippen LogP contribution is -2.45. The predicted octanol–water partition coefficient (Wildman–Crippen LogP) is -0.0718. The van der Waals surface area contributed by atoms with E-state index in [1.165, 1.54) is 7.11 Å². The van der Waals surface area contributed by atoms with Gasteiger partial charge in [0.2, 0.25) is 5.91 Å². The van der Waals surface area contributed by atoms with Crippen molar-refractivity contribution in [1.29, 1.82) is 0 Å². The number of rotatable bonds is 3. The number of methoxy groups -OCH3 is 1. The maximum atomic E-state index is 12.1. The van der Waals surface area contributed by atoms with E-state index in [4.69, 9.17) is 5.73 Å². The summed E-state index contributed by atoms with van der Waals surface area (Å²) >= 11 is 0. The van der Waals surface area contributed by atoms with Crippen LogP contribution < -0.4 is 11.1 Å². The Morgan fingerprint density at radius 3 is 2.71 bits per heavy atom. The molecule has 6 nitrogen and oxygen atoms in total. The first-order valence-electron chi connectivity index (χ1n) is 5.74. The lowest BCUT2D eigenvalue weighted by molar-refractivity contribution is -0.138. The van der Waals surface area contributed by atoms with Gasteiger partial charge in [-0.3, -0.25) is 4.79 Å². The Morgan fingerprint density at radius 2 is 2.18 bits per heavy atom. The number of nitrogens with two attached hydrogens (primary N) is 1. The van der Waals surface area contributed by atoms with Gasteiger partial charge in [-0.1, -0.05) is 0 Å². The second-order valence-electron chi connectivity index (χ2n) is 4.96. The Morgan fingerprint density at radius 1 is 1.53 bits per heavy atom. The summed E-state index contributed by atoms with van der Waals surface area (Å²) in [4.78, 5) is 24.9. The summed E-state index contributed by atoms with van der Waals surface area (Å²) in [5.74, 6) is 0.0363. The van der Waals surface area contributed by atoms with Crippen molar-refractivity contribution in [3.8, 4) is 0 Å². The minimum Gasteiger partial charge on any atom is -0.453 e. The molecule has 0 saturated carbocycles. The van der Waals surface area contributed by atoms with Crippen LogP contribution in [0, 0.1) is 5.41 Å². The van der Waals surface area contributed by atoms with Crippen LogP contribution in [-0.4, -0.2) is 49.7 Å². The minimum absolute atomic E-state index is 0.0278. The zero-order chi connectivity index (χ0) is 13.1. The number of nitrogens with zero attached hydrogens (tertiary/aromatic N) is 1. The molecule has 0 aromatic heterocycles. The Bertz CT molecular complexity index is 304. The van der Waals surface area contributed by atoms with E-state index in [9.17, 15) is 9.59 Å². The van der Waals surface area contributed by atoms with Gasteiger partial charge in [-0.2, -0.15) is 0 Å². The van der Waals surface area contributed by atoms with Crippen molar-refractivity contribution in [3.05, 3.63) is 0 Å². The average molecular weight is 243 g/mol. The summed E-state index contributed by atoms with van der Waals surface area (Å²) in [6.07, 6.45) is 0.295. The molecule has 17 heavy (non-hydrogen) atoms. The third-order valence-electron chi connectivity index (χ3n) is 3.07. The lowest BCUT2D eigenvalue weighted by Gasteiger charge is -2.27. The van der Waals surface area contributed by atoms with Crippen LogP contribution in [0.25, 0.3) is 0 Å². The molecule has 6 heteroatoms. The van der Waals surface area contributed by atoms with E-state index in [2.05, 4.69) is 10.1 Å². The van der Waals surface area contributed by atoms with Gasteiger partial charge < -0.3 is 20.7 Å². The maximum absolute atomic E-state index is 12.1. The van der Waals surface area contributed by atoms with Gasteiger partial charge in [-0.05, 0) is 20.3 Å². The van der Waals surface area contributed by atoms with Crippen LogP contribution >= 0.6 is 0 Å². The Hall–Kier alpha value is -1.30. The Kier molecular flexibility index (Phi) is 4.34. The first-order valence-corrected chi connectivity index (χ1v) is 5.74. The largest absolute Gasteiger partial charge is 0.453 e. The molecule has 3 N–H and O–H groups in total. The zero-order valence-corrected chi connectivity index (χ0v) is 10.7. The molecule has 1 atom stereocenters. The highest BCUT2D eigenvalue weighted by atomic mass is 16.5. The predicted molar refractivity (Wildman–Crippen MR) is 63.4 cm³/mol. The van der Waals surface area contributed by atoms with Gasteiger partial charge in [-0.15, -0.1) is 0 Å². The number of ether oxygens (including phenoxy) is 1.